The maximum Gasteiger partial charge on any atom is 0.274 e. The maximum atomic E-state index is 12.7. The average molecular weight is 482 g/mol. The molecule has 33 heavy (non-hydrogen) atoms. The fourth-order valence-corrected chi connectivity index (χ4v) is 4.04. The number of aromatic nitrogens is 3. The number of halogens is 2. The van der Waals surface area contributed by atoms with E-state index in [0.717, 1.165) is 22.2 Å². The predicted molar refractivity (Wildman–Crippen MR) is 131 cm³/mol. The van der Waals surface area contributed by atoms with Crippen LogP contribution in [0.2, 0.25) is 10.2 Å². The molecule has 1 unspecified atom stereocenters. The number of fused-ring (bicyclic) bond motifs is 1. The fraction of sp³-hybridized carbons (Fsp3) is 0.167. The third-order valence-electron chi connectivity index (χ3n) is 5.20. The van der Waals surface area contributed by atoms with Crippen molar-refractivity contribution in [3.05, 3.63) is 81.9 Å². The number of hydrogen-bond donors (Lipinski definition) is 2. The lowest BCUT2D eigenvalue weighted by molar-refractivity contribution is -0.119. The van der Waals surface area contributed by atoms with Crippen molar-refractivity contribution >= 4 is 57.2 Å². The number of anilines is 2. The third kappa shape index (κ3) is 4.84. The molecule has 7 nitrogen and oxygen atoms in total. The largest absolute Gasteiger partial charge is 0.323 e. The maximum absolute atomic E-state index is 12.7. The van der Waals surface area contributed by atoms with Crippen LogP contribution >= 0.6 is 23.2 Å². The SMILES string of the molecule is Cc1cc(C)n(C(C)C(=O)Nc2ccc(NC(=O)c3cc4ccccc4c(Cl)n3)cc2Cl)n1. The molecule has 168 valence electrons. The number of carbonyl (C=O) groups excluding carboxylic acids is 2. The van der Waals surface area contributed by atoms with Crippen LogP contribution < -0.4 is 10.6 Å². The van der Waals surface area contributed by atoms with Crippen LogP contribution in [0.1, 0.15) is 34.8 Å². The average Bonchev–Trinajstić information content (AvgIpc) is 3.12. The van der Waals surface area contributed by atoms with Gasteiger partial charge in [-0.3, -0.25) is 14.3 Å². The minimum Gasteiger partial charge on any atom is -0.323 e. The molecule has 4 aromatic rings. The van der Waals surface area contributed by atoms with Gasteiger partial charge < -0.3 is 10.6 Å². The summed E-state index contributed by atoms with van der Waals surface area (Å²) in [5.74, 6) is -0.677. The van der Waals surface area contributed by atoms with E-state index in [-0.39, 0.29) is 21.8 Å². The van der Waals surface area contributed by atoms with Crippen molar-refractivity contribution in [1.29, 1.82) is 0 Å². The number of benzene rings is 2. The van der Waals surface area contributed by atoms with E-state index in [1.165, 1.54) is 0 Å². The Morgan fingerprint density at radius 2 is 1.76 bits per heavy atom. The van der Waals surface area contributed by atoms with Gasteiger partial charge in [0, 0.05) is 16.8 Å². The number of pyridine rings is 1. The number of aryl methyl sites for hydroxylation is 2. The van der Waals surface area contributed by atoms with Crippen molar-refractivity contribution in [2.75, 3.05) is 10.6 Å². The molecule has 2 aromatic heterocycles. The van der Waals surface area contributed by atoms with Gasteiger partial charge in [0.1, 0.15) is 16.9 Å². The third-order valence-corrected chi connectivity index (χ3v) is 5.80. The van der Waals surface area contributed by atoms with Gasteiger partial charge in [0.25, 0.3) is 5.91 Å². The van der Waals surface area contributed by atoms with E-state index in [1.807, 2.05) is 44.2 Å². The Bertz CT molecular complexity index is 1380. The quantitative estimate of drug-likeness (QED) is 0.352. The number of amides is 2. The highest BCUT2D eigenvalue weighted by Gasteiger charge is 2.19. The van der Waals surface area contributed by atoms with E-state index in [1.54, 1.807) is 35.9 Å². The van der Waals surface area contributed by atoms with E-state index in [2.05, 4.69) is 20.7 Å². The molecule has 1 atom stereocenters. The highest BCUT2D eigenvalue weighted by molar-refractivity contribution is 6.35. The van der Waals surface area contributed by atoms with Crippen LogP contribution in [0.25, 0.3) is 10.8 Å². The molecule has 4 rings (SSSR count). The summed E-state index contributed by atoms with van der Waals surface area (Å²) in [5.41, 5.74) is 2.81. The fourth-order valence-electron chi connectivity index (χ4n) is 3.55. The van der Waals surface area contributed by atoms with Crippen LogP contribution in [0.3, 0.4) is 0 Å². The summed E-state index contributed by atoms with van der Waals surface area (Å²) in [6.07, 6.45) is 0. The van der Waals surface area contributed by atoms with Crippen LogP contribution in [0.15, 0.2) is 54.6 Å². The van der Waals surface area contributed by atoms with Gasteiger partial charge in [0.15, 0.2) is 0 Å². The molecule has 2 amide bonds. The van der Waals surface area contributed by atoms with Gasteiger partial charge in [-0.2, -0.15) is 5.10 Å². The smallest absolute Gasteiger partial charge is 0.274 e. The lowest BCUT2D eigenvalue weighted by Gasteiger charge is -2.16. The molecule has 0 aliphatic carbocycles. The van der Waals surface area contributed by atoms with Crippen LogP contribution in [0.4, 0.5) is 11.4 Å². The predicted octanol–water partition coefficient (Wildman–Crippen LogP) is 5.81. The number of hydrogen-bond acceptors (Lipinski definition) is 4. The van der Waals surface area contributed by atoms with Gasteiger partial charge in [0.2, 0.25) is 5.91 Å². The molecular weight excluding hydrogens is 461 g/mol. The molecule has 2 N–H and O–H groups in total. The highest BCUT2D eigenvalue weighted by Crippen LogP contribution is 2.28. The Balaban J connectivity index is 1.48. The molecule has 0 radical (unpaired) electrons. The summed E-state index contributed by atoms with van der Waals surface area (Å²) in [7, 11) is 0. The van der Waals surface area contributed by atoms with E-state index in [9.17, 15) is 9.59 Å². The first-order valence-corrected chi connectivity index (χ1v) is 11.0. The molecule has 2 heterocycles. The summed E-state index contributed by atoms with van der Waals surface area (Å²) < 4.78 is 1.66. The van der Waals surface area contributed by atoms with Gasteiger partial charge in [-0.25, -0.2) is 4.98 Å². The van der Waals surface area contributed by atoms with Gasteiger partial charge in [-0.15, -0.1) is 0 Å². The first kappa shape index (κ1) is 22.8. The molecule has 0 spiro atoms. The van der Waals surface area contributed by atoms with Crippen molar-refractivity contribution in [2.24, 2.45) is 0 Å². The molecule has 0 fully saturated rings. The van der Waals surface area contributed by atoms with E-state index >= 15 is 0 Å². The zero-order chi connectivity index (χ0) is 23.7. The van der Waals surface area contributed by atoms with E-state index < -0.39 is 11.9 Å². The Hall–Kier alpha value is -3.42. The second kappa shape index (κ2) is 9.21. The van der Waals surface area contributed by atoms with Crippen LogP contribution in [0, 0.1) is 13.8 Å². The van der Waals surface area contributed by atoms with E-state index in [0.29, 0.717) is 11.4 Å². The minimum absolute atomic E-state index is 0.186. The number of nitrogens with one attached hydrogen (secondary N) is 2. The summed E-state index contributed by atoms with van der Waals surface area (Å²) in [6.45, 7) is 5.53. The number of rotatable bonds is 5. The number of carbonyl (C=O) groups is 2. The normalized spacial score (nSPS) is 11.9. The second-order valence-corrected chi connectivity index (χ2v) is 8.47. The topological polar surface area (TPSA) is 88.9 Å². The first-order chi connectivity index (χ1) is 15.7. The zero-order valence-corrected chi connectivity index (χ0v) is 19.7. The molecule has 0 saturated carbocycles. The number of nitrogens with zero attached hydrogens (tertiary/aromatic N) is 3. The lowest BCUT2D eigenvalue weighted by Crippen LogP contribution is -2.25. The van der Waals surface area contributed by atoms with Crippen LogP contribution in [0.5, 0.6) is 0 Å². The Labute approximate surface area is 200 Å². The van der Waals surface area contributed by atoms with Gasteiger partial charge in [-0.05, 0) is 56.5 Å². The summed E-state index contributed by atoms with van der Waals surface area (Å²) in [6, 6.07) is 15.3. The molecule has 0 saturated heterocycles. The standard InChI is InChI=1S/C24H21Cl2N5O2/c1-13-10-14(2)31(30-13)15(3)23(32)29-20-9-8-17(12-19(20)25)27-24(33)21-11-16-6-4-5-7-18(16)22(26)28-21/h4-12,15H,1-3H3,(H,27,33)(H,29,32). The lowest BCUT2D eigenvalue weighted by atomic mass is 10.1. The Morgan fingerprint density at radius 1 is 1.00 bits per heavy atom. The summed E-state index contributed by atoms with van der Waals surface area (Å²) in [5, 5.41) is 12.1. The molecule has 9 heteroatoms. The second-order valence-electron chi connectivity index (χ2n) is 7.71. The van der Waals surface area contributed by atoms with Crippen molar-refractivity contribution in [3.63, 3.8) is 0 Å². The van der Waals surface area contributed by atoms with Crippen molar-refractivity contribution in [3.8, 4) is 0 Å². The molecule has 2 aromatic carbocycles. The minimum atomic E-state index is -0.516. The van der Waals surface area contributed by atoms with Gasteiger partial charge >= 0.3 is 0 Å². The van der Waals surface area contributed by atoms with E-state index in [4.69, 9.17) is 23.2 Å². The Morgan fingerprint density at radius 3 is 2.45 bits per heavy atom. The molecular formula is C24H21Cl2N5O2. The summed E-state index contributed by atoms with van der Waals surface area (Å²) >= 11 is 12.6. The Kier molecular flexibility index (Phi) is 6.35. The first-order valence-electron chi connectivity index (χ1n) is 10.2. The van der Waals surface area contributed by atoms with Crippen molar-refractivity contribution in [1.82, 2.24) is 14.8 Å². The molecule has 0 aliphatic heterocycles. The van der Waals surface area contributed by atoms with Crippen LogP contribution in [-0.2, 0) is 4.79 Å². The van der Waals surface area contributed by atoms with Crippen molar-refractivity contribution in [2.45, 2.75) is 26.8 Å². The van der Waals surface area contributed by atoms with Gasteiger partial charge in [-0.1, -0.05) is 47.5 Å². The highest BCUT2D eigenvalue weighted by atomic mass is 35.5. The summed E-state index contributed by atoms with van der Waals surface area (Å²) in [4.78, 5) is 29.6. The molecule has 0 bridgehead atoms. The molecule has 0 aliphatic rings. The van der Waals surface area contributed by atoms with Crippen LogP contribution in [-0.4, -0.2) is 26.6 Å². The van der Waals surface area contributed by atoms with Gasteiger partial charge in [0.05, 0.1) is 16.4 Å². The monoisotopic (exact) mass is 481 g/mol. The zero-order valence-electron chi connectivity index (χ0n) is 18.2. The van der Waals surface area contributed by atoms with Crippen molar-refractivity contribution < 1.29 is 9.59 Å².